The summed E-state index contributed by atoms with van der Waals surface area (Å²) in [4.78, 5) is 19.7. The van der Waals surface area contributed by atoms with Gasteiger partial charge in [0.15, 0.2) is 0 Å². The second-order valence-electron chi connectivity index (χ2n) is 7.07. The van der Waals surface area contributed by atoms with Crippen molar-refractivity contribution in [3.8, 4) is 11.5 Å². The summed E-state index contributed by atoms with van der Waals surface area (Å²) in [6.07, 6.45) is 1.48. The number of anilines is 1. The number of carbonyl (C=O) groups is 1. The van der Waals surface area contributed by atoms with Gasteiger partial charge in [-0.1, -0.05) is 24.3 Å². The molecule has 0 spiro atoms. The average molecular weight is 377 g/mol. The van der Waals surface area contributed by atoms with Crippen molar-refractivity contribution in [2.75, 3.05) is 19.4 Å². The van der Waals surface area contributed by atoms with E-state index in [1.807, 2.05) is 36.4 Å². The number of pyridine rings is 1. The van der Waals surface area contributed by atoms with Crippen molar-refractivity contribution in [1.29, 1.82) is 0 Å². The molecular formula is C22H23N3O3. The van der Waals surface area contributed by atoms with Crippen molar-refractivity contribution in [3.05, 3.63) is 59.8 Å². The van der Waals surface area contributed by atoms with Crippen molar-refractivity contribution in [1.82, 2.24) is 9.88 Å². The number of aromatic hydroxyl groups is 1. The molecule has 1 aromatic heterocycles. The van der Waals surface area contributed by atoms with E-state index in [0.717, 1.165) is 23.0 Å². The summed E-state index contributed by atoms with van der Waals surface area (Å²) in [5.41, 5.74) is 8.35. The third-order valence-corrected chi connectivity index (χ3v) is 5.32. The van der Waals surface area contributed by atoms with Crippen LogP contribution in [0.15, 0.2) is 48.5 Å². The van der Waals surface area contributed by atoms with Crippen LogP contribution in [0.5, 0.6) is 11.5 Å². The Morgan fingerprint density at radius 2 is 2.04 bits per heavy atom. The van der Waals surface area contributed by atoms with Gasteiger partial charge in [0.25, 0.3) is 0 Å². The van der Waals surface area contributed by atoms with E-state index in [4.69, 9.17) is 10.5 Å². The first kappa shape index (κ1) is 18.1. The minimum Gasteiger partial charge on any atom is -0.505 e. The predicted octanol–water partition coefficient (Wildman–Crippen LogP) is 3.44. The van der Waals surface area contributed by atoms with E-state index in [9.17, 15) is 9.90 Å². The van der Waals surface area contributed by atoms with Gasteiger partial charge in [-0.15, -0.1) is 0 Å². The van der Waals surface area contributed by atoms with E-state index in [1.54, 1.807) is 17.0 Å². The smallest absolute Gasteiger partial charge is 0.230 e. The highest BCUT2D eigenvalue weighted by Gasteiger charge is 2.34. The number of fused-ring (bicyclic) bond motifs is 1. The second kappa shape index (κ2) is 7.38. The van der Waals surface area contributed by atoms with Gasteiger partial charge in [-0.05, 0) is 37.1 Å². The molecule has 1 aliphatic heterocycles. The van der Waals surface area contributed by atoms with Gasteiger partial charge in [0, 0.05) is 11.9 Å². The van der Waals surface area contributed by atoms with Crippen molar-refractivity contribution in [2.45, 2.75) is 25.3 Å². The normalized spacial score (nSPS) is 17.1. The van der Waals surface area contributed by atoms with Crippen molar-refractivity contribution in [2.24, 2.45) is 0 Å². The fraction of sp³-hybridized carbons (Fsp3) is 0.273. The van der Waals surface area contributed by atoms with E-state index in [2.05, 4.69) is 4.98 Å². The summed E-state index contributed by atoms with van der Waals surface area (Å²) in [6.45, 7) is 1.10. The third kappa shape index (κ3) is 3.22. The minimum absolute atomic E-state index is 0.0413. The molecule has 6 nitrogen and oxygen atoms in total. The zero-order chi connectivity index (χ0) is 19.7. The van der Waals surface area contributed by atoms with Gasteiger partial charge in [0.2, 0.25) is 5.91 Å². The largest absolute Gasteiger partial charge is 0.505 e. The standard InChI is InChI=1S/C22H23N3O3/c1-28-19-11-10-17(23)21(26)20(19)16-6-4-12-25(22(16)27)13-15-9-8-14-5-2-3-7-18(14)24-15/h2-3,5,7-11,16,26H,4,6,12-13,23H2,1H3. The Kier molecular flexibility index (Phi) is 4.77. The van der Waals surface area contributed by atoms with Crippen LogP contribution in [0.4, 0.5) is 5.69 Å². The summed E-state index contributed by atoms with van der Waals surface area (Å²) in [5.74, 6) is -0.104. The number of rotatable bonds is 4. The van der Waals surface area contributed by atoms with Crippen molar-refractivity contribution < 1.29 is 14.6 Å². The molecular weight excluding hydrogens is 354 g/mol. The Morgan fingerprint density at radius 1 is 1.21 bits per heavy atom. The highest BCUT2D eigenvalue weighted by Crippen LogP contribution is 2.42. The van der Waals surface area contributed by atoms with Gasteiger partial charge in [-0.25, -0.2) is 0 Å². The number of piperidine rings is 1. The molecule has 28 heavy (non-hydrogen) atoms. The van der Waals surface area contributed by atoms with Crippen molar-refractivity contribution >= 4 is 22.5 Å². The molecule has 2 heterocycles. The third-order valence-electron chi connectivity index (χ3n) is 5.32. The lowest BCUT2D eigenvalue weighted by Gasteiger charge is -2.33. The maximum atomic E-state index is 13.2. The summed E-state index contributed by atoms with van der Waals surface area (Å²) < 4.78 is 5.39. The number of nitrogens with two attached hydrogens (primary N) is 1. The van der Waals surface area contributed by atoms with Gasteiger partial charge in [0.05, 0.1) is 42.0 Å². The topological polar surface area (TPSA) is 88.7 Å². The number of para-hydroxylation sites is 1. The number of hydrogen-bond acceptors (Lipinski definition) is 5. The van der Waals surface area contributed by atoms with Gasteiger partial charge in [0.1, 0.15) is 11.5 Å². The summed E-state index contributed by atoms with van der Waals surface area (Å²) in [7, 11) is 1.53. The van der Waals surface area contributed by atoms with Crippen LogP contribution >= 0.6 is 0 Å². The van der Waals surface area contributed by atoms with Gasteiger partial charge < -0.3 is 20.5 Å². The second-order valence-corrected chi connectivity index (χ2v) is 7.07. The van der Waals surface area contributed by atoms with Gasteiger partial charge >= 0.3 is 0 Å². The number of likely N-dealkylation sites (tertiary alicyclic amines) is 1. The lowest BCUT2D eigenvalue weighted by atomic mass is 9.88. The summed E-state index contributed by atoms with van der Waals surface area (Å²) in [5, 5.41) is 11.6. The van der Waals surface area contributed by atoms with E-state index >= 15 is 0 Å². The zero-order valence-electron chi connectivity index (χ0n) is 15.8. The molecule has 144 valence electrons. The number of nitrogens with zero attached hydrogens (tertiary/aromatic N) is 2. The van der Waals surface area contributed by atoms with Crippen LogP contribution in [0.25, 0.3) is 10.9 Å². The Labute approximate surface area is 163 Å². The molecule has 0 bridgehead atoms. The minimum atomic E-state index is -0.479. The highest BCUT2D eigenvalue weighted by atomic mass is 16.5. The van der Waals surface area contributed by atoms with Gasteiger partial charge in [-0.2, -0.15) is 0 Å². The first-order valence-electron chi connectivity index (χ1n) is 9.37. The van der Waals surface area contributed by atoms with Crippen LogP contribution in [0.2, 0.25) is 0 Å². The highest BCUT2D eigenvalue weighted by molar-refractivity contribution is 5.87. The molecule has 0 radical (unpaired) electrons. The molecule has 1 aliphatic rings. The Morgan fingerprint density at radius 3 is 2.86 bits per heavy atom. The molecule has 1 saturated heterocycles. The maximum Gasteiger partial charge on any atom is 0.230 e. The van der Waals surface area contributed by atoms with Crippen LogP contribution in [0, 0.1) is 0 Å². The fourth-order valence-corrected chi connectivity index (χ4v) is 3.88. The number of aromatic nitrogens is 1. The molecule has 4 rings (SSSR count). The van der Waals surface area contributed by atoms with Crippen molar-refractivity contribution in [3.63, 3.8) is 0 Å². The van der Waals surface area contributed by atoms with E-state index in [0.29, 0.717) is 30.8 Å². The number of phenols is 1. The van der Waals surface area contributed by atoms with Crippen LogP contribution in [0.3, 0.4) is 0 Å². The monoisotopic (exact) mass is 377 g/mol. The Hall–Kier alpha value is -3.28. The SMILES string of the molecule is COc1ccc(N)c(O)c1C1CCCN(Cc2ccc3ccccc3n2)C1=O. The molecule has 0 saturated carbocycles. The molecule has 1 atom stereocenters. The molecule has 6 heteroatoms. The number of ether oxygens (including phenoxy) is 1. The predicted molar refractivity (Wildman–Crippen MR) is 108 cm³/mol. The molecule has 2 aromatic carbocycles. The number of amides is 1. The first-order chi connectivity index (χ1) is 13.6. The van der Waals surface area contributed by atoms with Gasteiger partial charge in [-0.3, -0.25) is 9.78 Å². The average Bonchev–Trinajstić information content (AvgIpc) is 2.72. The lowest BCUT2D eigenvalue weighted by Crippen LogP contribution is -2.39. The number of nitrogen functional groups attached to an aromatic ring is 1. The number of hydrogen-bond donors (Lipinski definition) is 2. The number of benzene rings is 2. The van der Waals surface area contributed by atoms with Crippen LogP contribution in [-0.4, -0.2) is 34.6 Å². The Balaban J connectivity index is 1.62. The summed E-state index contributed by atoms with van der Waals surface area (Å²) in [6, 6.07) is 15.2. The molecule has 3 N–H and O–H groups in total. The molecule has 3 aromatic rings. The Bertz CT molecular complexity index is 1030. The number of phenolic OH excluding ortho intramolecular Hbond substituents is 1. The van der Waals surface area contributed by atoms with E-state index in [-0.39, 0.29) is 17.3 Å². The maximum absolute atomic E-state index is 13.2. The van der Waals surface area contributed by atoms with E-state index in [1.165, 1.54) is 7.11 Å². The molecule has 1 unspecified atom stereocenters. The number of carbonyl (C=O) groups excluding carboxylic acids is 1. The van der Waals surface area contributed by atoms with Crippen LogP contribution < -0.4 is 10.5 Å². The number of methoxy groups -OCH3 is 1. The lowest BCUT2D eigenvalue weighted by molar-refractivity contribution is -0.136. The first-order valence-corrected chi connectivity index (χ1v) is 9.37. The molecule has 1 fully saturated rings. The zero-order valence-corrected chi connectivity index (χ0v) is 15.8. The quantitative estimate of drug-likeness (QED) is 0.537. The van der Waals surface area contributed by atoms with Crippen LogP contribution in [0.1, 0.15) is 30.0 Å². The van der Waals surface area contributed by atoms with Crippen LogP contribution in [-0.2, 0) is 11.3 Å². The fourth-order valence-electron chi connectivity index (χ4n) is 3.88. The molecule has 1 amide bonds. The summed E-state index contributed by atoms with van der Waals surface area (Å²) >= 11 is 0. The van der Waals surface area contributed by atoms with E-state index < -0.39 is 5.92 Å². The molecule has 0 aliphatic carbocycles.